The zero-order valence-corrected chi connectivity index (χ0v) is 85.2. The molecule has 698 valence electrons. The third-order valence-electron chi connectivity index (χ3n) is 21.1. The van der Waals surface area contributed by atoms with Gasteiger partial charge in [-0.1, -0.05) is 249 Å². The first-order valence-corrected chi connectivity index (χ1v) is 49.8. The fraction of sp³-hybridized carbons (Fsp3) is 1.00. The van der Waals surface area contributed by atoms with Crippen molar-refractivity contribution in [3.63, 3.8) is 0 Å². The lowest BCUT2D eigenvalue weighted by Gasteiger charge is -2.47. The van der Waals surface area contributed by atoms with Crippen molar-refractivity contribution >= 4 is 29.5 Å². The van der Waals surface area contributed by atoms with Crippen molar-refractivity contribution in [2.24, 2.45) is 89.7 Å². The minimum absolute atomic E-state index is 0.0208. The van der Waals surface area contributed by atoms with Gasteiger partial charge >= 0.3 is 0 Å². The normalized spacial score (nSPS) is 27.1. The SMILES string of the molecule is CC.CC.CC(C)(C)C1CCS(=O)(=O)CC1.CC(C)(C)C1COC1.CC(C)(C)C1CS(=O)(=O)C1.CC(C)(C)CC1(O)CC1.CC(C)(C)CC1(O)CC1.CC(C)(C)CC1(O)CCC1.CC(C)(C)CC1(O)COC1.CC1(O)CC(C(C)(C)C)C1.CC1CC(O)C1.CC1CC(S(C)(=O)=O)C1.[2H]C([2H])(C(C)(C)C)C(C)(C)O.[2H]C([2H])([2H])C(C)(O)C([2H])([2H])C(C)(C)C. The molecule has 6 saturated carbocycles. The Balaban J connectivity index is -0.000000622. The predicted octanol–water partition coefficient (Wildman–Crippen LogP) is 22.3. The number of aliphatic hydroxyl groups excluding tert-OH is 1. The summed E-state index contributed by atoms with van der Waals surface area (Å²) in [7, 11) is -7.99. The summed E-state index contributed by atoms with van der Waals surface area (Å²) in [6.07, 6.45) is 16.1. The third kappa shape index (κ3) is 66.6. The molecular weight excluding hydrogens is 1510 g/mol. The molecule has 4 aliphatic heterocycles. The standard InChI is InChI=1S/C9H18O2S.2C9H18O.C8H16O2.2C8H16O.2C8H18O.C7H14O2S.C7H14O.C6H12O2S.C5H10O.2C2H6/c1-9(2,3)8-4-6-12(10,11)7-5-8;1-8(2,3)7-5-9(4,10)6-7;1-8(2,3)7-9(10)5-4-6-9;1-7(2,3)4-8(9)5-10-6-8;2*1-7(2,3)6-8(9)4-5-8;2*1-7(2,3)6-8(4,5)9;1-7(2,3)6-4-10(8,9)5-6;1-7(2,3)6-4-8-5-6;1-5-3-6(4-5)9(2,7)8;1-4-2-5(6)3-4;2*1-2/h8H,4-7H2,1-3H3;7,10H,5-6H2,1-4H3;10H,4-7H2,1-3H3;9H,4-6H2,1-3H3;2*9H,4-6H2,1-3H3;2*9H,6H2,1-5H3;6H,4-5H2,1-3H3;6H,4-5H2,1-3H3;5-6H,3-4H2,1-2H3;4-6H,2-3H2,1H3;2*1-2H3/i;;;;;;4D3,6D2;6D2;;;;;;. The number of rotatable bonds is 7. The molecule has 6 aliphatic carbocycles. The van der Waals surface area contributed by atoms with E-state index in [2.05, 4.69) is 180 Å². The number of hydrogen-bond acceptors (Lipinski definition) is 16. The molecule has 0 radical (unpaired) electrons. The Hall–Kier alpha value is -0.550. The topological polar surface area (TPSA) is 283 Å². The van der Waals surface area contributed by atoms with Gasteiger partial charge in [-0.15, -0.1) is 0 Å². The van der Waals surface area contributed by atoms with Gasteiger partial charge in [0.1, 0.15) is 25.3 Å². The van der Waals surface area contributed by atoms with Gasteiger partial charge in [0.25, 0.3) is 0 Å². The Labute approximate surface area is 725 Å². The summed E-state index contributed by atoms with van der Waals surface area (Å²) >= 11 is 0. The first kappa shape index (κ1) is 107. The molecule has 19 heteroatoms. The first-order chi connectivity index (χ1) is 53.2. The summed E-state index contributed by atoms with van der Waals surface area (Å²) in [5.41, 5.74) is -4.41. The Bertz CT molecular complexity index is 3120. The quantitative estimate of drug-likeness (QED) is 0.118. The van der Waals surface area contributed by atoms with Gasteiger partial charge in [0.15, 0.2) is 9.84 Å². The van der Waals surface area contributed by atoms with Crippen LogP contribution in [0.4, 0.5) is 0 Å². The van der Waals surface area contributed by atoms with Crippen LogP contribution in [0.25, 0.3) is 0 Å². The van der Waals surface area contributed by atoms with Gasteiger partial charge in [-0.05, 0) is 253 Å². The van der Waals surface area contributed by atoms with E-state index in [0.29, 0.717) is 75.6 Å². The molecule has 1 unspecified atom stereocenters. The van der Waals surface area contributed by atoms with E-state index in [1.165, 1.54) is 26.5 Å². The van der Waals surface area contributed by atoms with Crippen LogP contribution in [0.2, 0.25) is 0 Å². The van der Waals surface area contributed by atoms with Crippen molar-refractivity contribution in [2.45, 2.75) is 469 Å². The summed E-state index contributed by atoms with van der Waals surface area (Å²) in [4.78, 5) is 0. The average Bonchev–Trinajstić information content (AvgIpc) is 1.56. The monoisotopic (exact) mass is 1710 g/mol. The zero-order valence-electron chi connectivity index (χ0n) is 89.8. The minimum atomic E-state index is -2.73. The summed E-state index contributed by atoms with van der Waals surface area (Å²) in [5, 5.41) is 75.6. The predicted molar refractivity (Wildman–Crippen MR) is 493 cm³/mol. The van der Waals surface area contributed by atoms with Crippen LogP contribution in [-0.4, -0.2) is 172 Å². The van der Waals surface area contributed by atoms with Crippen LogP contribution < -0.4 is 0 Å². The second-order valence-electron chi connectivity index (χ2n) is 48.3. The van der Waals surface area contributed by atoms with E-state index in [-0.39, 0.29) is 55.4 Å². The number of ether oxygens (including phenoxy) is 2. The fourth-order valence-electron chi connectivity index (χ4n) is 14.6. The molecule has 16 nitrogen and oxygen atoms in total. The molecule has 0 bridgehead atoms. The van der Waals surface area contributed by atoms with Crippen LogP contribution in [0.15, 0.2) is 0 Å². The van der Waals surface area contributed by atoms with E-state index in [9.17, 15) is 61.0 Å². The van der Waals surface area contributed by atoms with Gasteiger partial charge in [-0.2, -0.15) is 0 Å². The average molecular weight is 1710 g/mol. The van der Waals surface area contributed by atoms with E-state index < -0.39 is 76.7 Å². The molecule has 10 rings (SSSR count). The highest BCUT2D eigenvalue weighted by molar-refractivity contribution is 7.92. The molecule has 0 amide bonds. The molecule has 4 heterocycles. The third-order valence-corrected chi connectivity index (χ3v) is 26.2. The number of hydrogen-bond donors (Lipinski definition) is 8. The molecule has 4 saturated heterocycles. The molecule has 0 aromatic carbocycles. The van der Waals surface area contributed by atoms with E-state index in [0.717, 1.165) is 153 Å². The minimum Gasteiger partial charge on any atom is -0.393 e. The largest absolute Gasteiger partial charge is 0.393 e. The van der Waals surface area contributed by atoms with E-state index >= 15 is 0 Å². The Morgan fingerprint density at radius 2 is 0.713 bits per heavy atom. The second kappa shape index (κ2) is 47.1. The fourth-order valence-corrected chi connectivity index (χ4v) is 19.6. The molecule has 10 fully saturated rings. The van der Waals surface area contributed by atoms with Gasteiger partial charge in [-0.25, -0.2) is 25.3 Å². The summed E-state index contributed by atoms with van der Waals surface area (Å²) in [6.45, 7) is 80.8. The van der Waals surface area contributed by atoms with Crippen molar-refractivity contribution in [3.8, 4) is 0 Å². The smallest absolute Gasteiger partial charge is 0.150 e. The molecule has 1 atom stereocenters. The van der Waals surface area contributed by atoms with Crippen molar-refractivity contribution in [1.29, 1.82) is 0 Å². The summed E-state index contributed by atoms with van der Waals surface area (Å²) in [6, 6.07) is 0. The van der Waals surface area contributed by atoms with Crippen LogP contribution in [-0.2, 0) is 39.0 Å². The highest BCUT2D eigenvalue weighted by Gasteiger charge is 2.47. The molecular formula is C96H200O16S3. The van der Waals surface area contributed by atoms with E-state index in [4.69, 9.17) is 24.2 Å². The van der Waals surface area contributed by atoms with Crippen LogP contribution in [0.3, 0.4) is 0 Å². The number of sulfone groups is 3. The second-order valence-corrected chi connectivity index (χ2v) is 55.1. The summed E-state index contributed by atoms with van der Waals surface area (Å²) < 4.78 is 127. The van der Waals surface area contributed by atoms with Crippen molar-refractivity contribution in [3.05, 3.63) is 0 Å². The molecule has 115 heavy (non-hydrogen) atoms. The van der Waals surface area contributed by atoms with E-state index in [1.54, 1.807) is 41.5 Å². The maximum Gasteiger partial charge on any atom is 0.150 e. The van der Waals surface area contributed by atoms with Crippen molar-refractivity contribution < 1.29 is 85.2 Å². The van der Waals surface area contributed by atoms with Crippen LogP contribution in [0, 0.1) is 89.7 Å². The van der Waals surface area contributed by atoms with E-state index in [1.807, 2.05) is 34.6 Å². The maximum atomic E-state index is 11.1. The van der Waals surface area contributed by atoms with Gasteiger partial charge in [0.05, 0.1) is 94.4 Å². The van der Waals surface area contributed by atoms with Crippen molar-refractivity contribution in [1.82, 2.24) is 0 Å². The van der Waals surface area contributed by atoms with Gasteiger partial charge in [0.2, 0.25) is 0 Å². The zero-order chi connectivity index (χ0) is 98.6. The van der Waals surface area contributed by atoms with Crippen molar-refractivity contribution in [2.75, 3.05) is 55.7 Å². The molecule has 8 N–H and O–H groups in total. The summed E-state index contributed by atoms with van der Waals surface area (Å²) in [5.74, 6) is 5.52. The van der Waals surface area contributed by atoms with Gasteiger partial charge in [-0.3, -0.25) is 0 Å². The van der Waals surface area contributed by atoms with Crippen LogP contribution >= 0.6 is 0 Å². The van der Waals surface area contributed by atoms with Gasteiger partial charge < -0.3 is 50.3 Å². The van der Waals surface area contributed by atoms with Crippen LogP contribution in [0.1, 0.15) is 428 Å². The highest BCUT2D eigenvalue weighted by atomic mass is 32.2. The first-order valence-electron chi connectivity index (χ1n) is 47.7. The molecule has 0 spiro atoms. The molecule has 10 aliphatic rings. The lowest BCUT2D eigenvalue weighted by molar-refractivity contribution is -0.192. The lowest BCUT2D eigenvalue weighted by Crippen LogP contribution is -2.51. The Morgan fingerprint density at radius 1 is 0.417 bits per heavy atom. The molecule has 0 aromatic heterocycles. The molecule has 0 aromatic rings. The van der Waals surface area contributed by atoms with Gasteiger partial charge in [0, 0.05) is 21.8 Å². The Kier molecular flexibility index (Phi) is 43.8. The van der Waals surface area contributed by atoms with Crippen LogP contribution in [0.5, 0.6) is 0 Å². The maximum absolute atomic E-state index is 11.1. The lowest BCUT2D eigenvalue weighted by atomic mass is 9.61. The Morgan fingerprint density at radius 3 is 0.809 bits per heavy atom. The number of aliphatic hydroxyl groups is 8. The highest BCUT2D eigenvalue weighted by Crippen LogP contribution is 2.49.